The minimum absolute atomic E-state index is 0.0947. The topological polar surface area (TPSA) is 75.3 Å². The van der Waals surface area contributed by atoms with E-state index in [-0.39, 0.29) is 9.92 Å². The van der Waals surface area contributed by atoms with Crippen molar-refractivity contribution in [3.05, 3.63) is 58.1 Å². The van der Waals surface area contributed by atoms with Crippen molar-refractivity contribution in [1.29, 1.82) is 0 Å². The van der Waals surface area contributed by atoms with Crippen LogP contribution in [-0.4, -0.2) is 20.4 Å². The molecule has 5 nitrogen and oxygen atoms in total. The molecule has 0 heterocycles. The number of sulfonamides is 1. The SMILES string of the molecule is Cc1ccc(S(=O)(=O)N[C@@H](C)C(=O)Nc2ccc(Cl)cc2Cl)cc1. The molecule has 128 valence electrons. The van der Waals surface area contributed by atoms with E-state index in [0.29, 0.717) is 10.7 Å². The molecule has 0 aliphatic carbocycles. The Kier molecular flexibility index (Phi) is 5.87. The maximum Gasteiger partial charge on any atom is 0.242 e. The third kappa shape index (κ3) is 4.70. The lowest BCUT2D eigenvalue weighted by Gasteiger charge is -2.15. The van der Waals surface area contributed by atoms with Gasteiger partial charge in [0, 0.05) is 5.02 Å². The van der Waals surface area contributed by atoms with Crippen LogP contribution in [0.5, 0.6) is 0 Å². The molecule has 1 atom stereocenters. The average molecular weight is 387 g/mol. The smallest absolute Gasteiger partial charge is 0.242 e. The fraction of sp³-hybridized carbons (Fsp3) is 0.188. The Morgan fingerprint density at radius 2 is 1.71 bits per heavy atom. The van der Waals surface area contributed by atoms with Crippen molar-refractivity contribution in [2.45, 2.75) is 24.8 Å². The fourth-order valence-electron chi connectivity index (χ4n) is 1.90. The molecule has 2 aromatic carbocycles. The number of hydrogen-bond acceptors (Lipinski definition) is 3. The maximum absolute atomic E-state index is 12.3. The van der Waals surface area contributed by atoms with Gasteiger partial charge in [-0.25, -0.2) is 8.42 Å². The van der Waals surface area contributed by atoms with E-state index in [1.165, 1.54) is 25.1 Å². The Labute approximate surface area is 151 Å². The Bertz CT molecular complexity index is 852. The standard InChI is InChI=1S/C16H16Cl2N2O3S/c1-10-3-6-13(7-4-10)24(22,23)20-11(2)16(21)19-15-8-5-12(17)9-14(15)18/h3-9,11,20H,1-2H3,(H,19,21)/t11-/m0/s1. The molecule has 0 saturated heterocycles. The van der Waals surface area contributed by atoms with Gasteiger partial charge in [-0.1, -0.05) is 40.9 Å². The van der Waals surface area contributed by atoms with Gasteiger partial charge in [-0.15, -0.1) is 0 Å². The Balaban J connectivity index is 2.09. The molecule has 0 spiro atoms. The molecule has 0 fully saturated rings. The first-order valence-electron chi connectivity index (χ1n) is 7.04. The number of benzene rings is 2. The van der Waals surface area contributed by atoms with Crippen LogP contribution in [0, 0.1) is 6.92 Å². The van der Waals surface area contributed by atoms with Crippen molar-refractivity contribution in [2.24, 2.45) is 0 Å². The van der Waals surface area contributed by atoms with Crippen LogP contribution in [0.4, 0.5) is 5.69 Å². The first kappa shape index (κ1) is 18.7. The van der Waals surface area contributed by atoms with Crippen LogP contribution >= 0.6 is 23.2 Å². The molecule has 0 aliphatic heterocycles. The summed E-state index contributed by atoms with van der Waals surface area (Å²) in [6.45, 7) is 3.31. The molecule has 0 unspecified atom stereocenters. The van der Waals surface area contributed by atoms with Crippen LogP contribution in [0.3, 0.4) is 0 Å². The van der Waals surface area contributed by atoms with E-state index in [0.717, 1.165) is 5.56 Å². The summed E-state index contributed by atoms with van der Waals surface area (Å²) < 4.78 is 26.9. The van der Waals surface area contributed by atoms with Crippen molar-refractivity contribution < 1.29 is 13.2 Å². The van der Waals surface area contributed by atoms with Crippen molar-refractivity contribution in [3.8, 4) is 0 Å². The summed E-state index contributed by atoms with van der Waals surface area (Å²) in [6, 6.07) is 9.97. The molecule has 0 saturated carbocycles. The predicted molar refractivity (Wildman–Crippen MR) is 96.1 cm³/mol. The molecule has 8 heteroatoms. The third-order valence-corrected chi connectivity index (χ3v) is 5.35. The molecule has 0 aromatic heterocycles. The quantitative estimate of drug-likeness (QED) is 0.823. The zero-order valence-corrected chi connectivity index (χ0v) is 15.3. The number of nitrogens with one attached hydrogen (secondary N) is 2. The fourth-order valence-corrected chi connectivity index (χ4v) is 3.56. The van der Waals surface area contributed by atoms with Crippen LogP contribution in [0.1, 0.15) is 12.5 Å². The van der Waals surface area contributed by atoms with E-state index in [4.69, 9.17) is 23.2 Å². The highest BCUT2D eigenvalue weighted by Gasteiger charge is 2.22. The number of rotatable bonds is 5. The number of halogens is 2. The monoisotopic (exact) mass is 386 g/mol. The van der Waals surface area contributed by atoms with E-state index in [9.17, 15) is 13.2 Å². The molecular weight excluding hydrogens is 371 g/mol. The van der Waals surface area contributed by atoms with Crippen molar-refractivity contribution in [1.82, 2.24) is 4.72 Å². The molecule has 2 N–H and O–H groups in total. The van der Waals surface area contributed by atoms with Crippen LogP contribution < -0.4 is 10.0 Å². The second-order valence-electron chi connectivity index (χ2n) is 5.27. The Hall–Kier alpha value is -1.60. The maximum atomic E-state index is 12.3. The molecule has 1 amide bonds. The van der Waals surface area contributed by atoms with E-state index in [1.54, 1.807) is 24.3 Å². The lowest BCUT2D eigenvalue weighted by Crippen LogP contribution is -2.41. The third-order valence-electron chi connectivity index (χ3n) is 3.25. The van der Waals surface area contributed by atoms with Crippen molar-refractivity contribution >= 4 is 44.8 Å². The number of hydrogen-bond donors (Lipinski definition) is 2. The van der Waals surface area contributed by atoms with Gasteiger partial charge in [-0.3, -0.25) is 4.79 Å². The highest BCUT2D eigenvalue weighted by molar-refractivity contribution is 7.89. The van der Waals surface area contributed by atoms with E-state index < -0.39 is 22.0 Å². The van der Waals surface area contributed by atoms with Gasteiger partial charge in [0.05, 0.1) is 21.6 Å². The summed E-state index contributed by atoms with van der Waals surface area (Å²) in [5.41, 5.74) is 1.30. The zero-order valence-electron chi connectivity index (χ0n) is 13.0. The van der Waals surface area contributed by atoms with Crippen molar-refractivity contribution in [2.75, 3.05) is 5.32 Å². The van der Waals surface area contributed by atoms with E-state index >= 15 is 0 Å². The first-order chi connectivity index (χ1) is 11.2. The summed E-state index contributed by atoms with van der Waals surface area (Å²) in [4.78, 5) is 12.3. The summed E-state index contributed by atoms with van der Waals surface area (Å²) >= 11 is 11.8. The van der Waals surface area contributed by atoms with Gasteiger partial charge in [-0.2, -0.15) is 4.72 Å². The van der Waals surface area contributed by atoms with Gasteiger partial charge in [0.25, 0.3) is 0 Å². The average Bonchev–Trinajstić information content (AvgIpc) is 2.50. The molecule has 2 rings (SSSR count). The molecule has 24 heavy (non-hydrogen) atoms. The molecule has 2 aromatic rings. The lowest BCUT2D eigenvalue weighted by molar-refractivity contribution is -0.117. The lowest BCUT2D eigenvalue weighted by atomic mass is 10.2. The van der Waals surface area contributed by atoms with Gasteiger partial charge in [0.15, 0.2) is 0 Å². The molecule has 0 bridgehead atoms. The van der Waals surface area contributed by atoms with Gasteiger partial charge >= 0.3 is 0 Å². The molecule has 0 aliphatic rings. The Morgan fingerprint density at radius 1 is 1.08 bits per heavy atom. The van der Waals surface area contributed by atoms with E-state index in [1.807, 2.05) is 6.92 Å². The summed E-state index contributed by atoms with van der Waals surface area (Å²) in [5, 5.41) is 3.27. The zero-order chi connectivity index (χ0) is 17.9. The number of carbonyl (C=O) groups excluding carboxylic acids is 1. The van der Waals surface area contributed by atoms with Crippen LogP contribution in [0.2, 0.25) is 10.0 Å². The molecule has 0 radical (unpaired) electrons. The van der Waals surface area contributed by atoms with Gasteiger partial charge in [-0.05, 0) is 44.2 Å². The minimum Gasteiger partial charge on any atom is -0.323 e. The van der Waals surface area contributed by atoms with Crippen molar-refractivity contribution in [3.63, 3.8) is 0 Å². The second kappa shape index (κ2) is 7.53. The minimum atomic E-state index is -3.80. The van der Waals surface area contributed by atoms with Crippen LogP contribution in [0.15, 0.2) is 47.4 Å². The van der Waals surface area contributed by atoms with Crippen LogP contribution in [-0.2, 0) is 14.8 Å². The predicted octanol–water partition coefficient (Wildman–Crippen LogP) is 3.61. The number of aryl methyl sites for hydroxylation is 1. The van der Waals surface area contributed by atoms with E-state index in [2.05, 4.69) is 10.0 Å². The summed E-state index contributed by atoms with van der Waals surface area (Å²) in [7, 11) is -3.80. The Morgan fingerprint density at radius 3 is 2.29 bits per heavy atom. The van der Waals surface area contributed by atoms with Gasteiger partial charge in [0.1, 0.15) is 0 Å². The number of anilines is 1. The van der Waals surface area contributed by atoms with Gasteiger partial charge < -0.3 is 5.32 Å². The normalized spacial score (nSPS) is 12.7. The molecular formula is C16H16Cl2N2O3S. The first-order valence-corrected chi connectivity index (χ1v) is 9.28. The summed E-state index contributed by atoms with van der Waals surface area (Å²) in [6.07, 6.45) is 0. The number of amides is 1. The highest BCUT2D eigenvalue weighted by Crippen LogP contribution is 2.25. The largest absolute Gasteiger partial charge is 0.323 e. The van der Waals surface area contributed by atoms with Crippen LogP contribution in [0.25, 0.3) is 0 Å². The second-order valence-corrected chi connectivity index (χ2v) is 7.83. The highest BCUT2D eigenvalue weighted by atomic mass is 35.5. The number of carbonyl (C=O) groups is 1. The van der Waals surface area contributed by atoms with Gasteiger partial charge in [0.2, 0.25) is 15.9 Å². The summed E-state index contributed by atoms with van der Waals surface area (Å²) in [5.74, 6) is -0.532.